The van der Waals surface area contributed by atoms with Crippen LogP contribution < -0.4 is 10.6 Å². The summed E-state index contributed by atoms with van der Waals surface area (Å²) in [5.74, 6) is -3.36. The number of amides is 1. The summed E-state index contributed by atoms with van der Waals surface area (Å²) in [6.07, 6.45) is -1.77. The minimum Gasteiger partial charge on any atom is -0.371 e. The van der Waals surface area contributed by atoms with Crippen LogP contribution in [0.3, 0.4) is 0 Å². The minimum absolute atomic E-state index is 0.00926. The third kappa shape index (κ3) is 4.72. The second-order valence-corrected chi connectivity index (χ2v) is 8.77. The van der Waals surface area contributed by atoms with E-state index < -0.39 is 37.1 Å². The molecule has 0 spiro atoms. The number of nitrogens with zero attached hydrogens (tertiary/aromatic N) is 7. The quantitative estimate of drug-likeness (QED) is 0.387. The normalized spacial score (nSPS) is 17.9. The summed E-state index contributed by atoms with van der Waals surface area (Å²) in [5.41, 5.74) is 1.73. The van der Waals surface area contributed by atoms with Crippen LogP contribution in [-0.2, 0) is 11.3 Å². The van der Waals surface area contributed by atoms with Crippen LogP contribution in [0.25, 0.3) is 27.9 Å². The number of hydrogen-bond donors (Lipinski definition) is 2. The number of halogens is 5. The molecule has 1 saturated heterocycles. The van der Waals surface area contributed by atoms with Crippen LogP contribution in [0.15, 0.2) is 30.7 Å². The summed E-state index contributed by atoms with van der Waals surface area (Å²) in [6, 6.07) is 3.57. The summed E-state index contributed by atoms with van der Waals surface area (Å²) in [6.45, 7) is -0.503. The monoisotopic (exact) mass is 523 g/mol. The number of hydrogen-bond acceptors (Lipinski definition) is 7. The smallest absolute Gasteiger partial charge is 0.371 e. The second kappa shape index (κ2) is 8.81. The van der Waals surface area contributed by atoms with Gasteiger partial charge in [0.2, 0.25) is 11.9 Å². The number of fused-ring (bicyclic) bond motifs is 2. The molecular weight excluding hydrogens is 501 g/mol. The zero-order valence-corrected chi connectivity index (χ0v) is 19.7. The van der Waals surface area contributed by atoms with E-state index in [4.69, 9.17) is 0 Å². The van der Waals surface area contributed by atoms with Gasteiger partial charge in [0.25, 0.3) is 5.92 Å². The maximum absolute atomic E-state index is 14.7. The van der Waals surface area contributed by atoms with Crippen LogP contribution in [0.5, 0.6) is 0 Å². The number of rotatable bonds is 5. The Balaban J connectivity index is 1.48. The molecule has 0 aliphatic carbocycles. The summed E-state index contributed by atoms with van der Waals surface area (Å²) < 4.78 is 70.6. The van der Waals surface area contributed by atoms with E-state index in [1.165, 1.54) is 11.4 Å². The van der Waals surface area contributed by atoms with Gasteiger partial charge in [0, 0.05) is 32.3 Å². The van der Waals surface area contributed by atoms with Crippen molar-refractivity contribution in [1.82, 2.24) is 34.0 Å². The van der Waals surface area contributed by atoms with Crippen LogP contribution >= 0.6 is 0 Å². The molecule has 2 N–H and O–H groups in total. The molecule has 1 aliphatic rings. The number of anilines is 2. The number of carbonyl (C=O) groups excluding carboxylic acids is 1. The van der Waals surface area contributed by atoms with Crippen molar-refractivity contribution in [2.45, 2.75) is 38.0 Å². The highest BCUT2D eigenvalue weighted by Gasteiger charge is 2.45. The highest BCUT2D eigenvalue weighted by molar-refractivity contribution is 5.89. The Morgan fingerprint density at radius 2 is 2.00 bits per heavy atom. The molecule has 0 unspecified atom stereocenters. The van der Waals surface area contributed by atoms with Gasteiger partial charge < -0.3 is 20.1 Å². The predicted molar refractivity (Wildman–Crippen MR) is 124 cm³/mol. The first-order chi connectivity index (χ1) is 17.4. The standard InChI is InChI=1S/C22H22F5N9O/c1-12(37)34-7-6-16(21(23,24)9-34)31-20-32-18(28-2)17-13(5-8-36(17)33-20)14-3-4-15-19(30-14)35(11-29-15)10-22(25,26)27/h3-5,8,11,16H,6-7,9-10H2,1-2H3,(H2,28,31,32,33)/t16-/m1/s1. The molecule has 0 bridgehead atoms. The lowest BCUT2D eigenvalue weighted by atomic mass is 10.0. The molecule has 4 aromatic rings. The van der Waals surface area contributed by atoms with Crippen molar-refractivity contribution in [3.8, 4) is 11.3 Å². The number of likely N-dealkylation sites (tertiary alicyclic amines) is 1. The molecule has 1 atom stereocenters. The van der Waals surface area contributed by atoms with E-state index in [0.717, 1.165) is 15.8 Å². The number of carbonyl (C=O) groups is 1. The van der Waals surface area contributed by atoms with Gasteiger partial charge in [-0.05, 0) is 24.6 Å². The first kappa shape index (κ1) is 24.6. The molecule has 0 aromatic carbocycles. The SMILES string of the molecule is CNc1nc(N[C@@H]2CCN(C(C)=O)CC2(F)F)nn2ccc(-c3ccc4ncn(CC(F)(F)F)c4n3)c12. The van der Waals surface area contributed by atoms with Crippen LogP contribution in [0.4, 0.5) is 33.7 Å². The van der Waals surface area contributed by atoms with E-state index in [9.17, 15) is 26.7 Å². The van der Waals surface area contributed by atoms with Crippen molar-refractivity contribution in [2.75, 3.05) is 30.8 Å². The Morgan fingerprint density at radius 1 is 1.22 bits per heavy atom. The second-order valence-electron chi connectivity index (χ2n) is 8.77. The highest BCUT2D eigenvalue weighted by atomic mass is 19.4. The Morgan fingerprint density at radius 3 is 2.68 bits per heavy atom. The van der Waals surface area contributed by atoms with E-state index in [2.05, 4.69) is 30.7 Å². The lowest BCUT2D eigenvalue weighted by Gasteiger charge is -2.38. The van der Waals surface area contributed by atoms with E-state index >= 15 is 0 Å². The summed E-state index contributed by atoms with van der Waals surface area (Å²) >= 11 is 0. The molecule has 4 aromatic heterocycles. The summed E-state index contributed by atoms with van der Waals surface area (Å²) in [7, 11) is 1.60. The number of nitrogens with one attached hydrogen (secondary N) is 2. The van der Waals surface area contributed by atoms with Gasteiger partial charge in [-0.25, -0.2) is 23.3 Å². The topological polar surface area (TPSA) is 105 Å². The van der Waals surface area contributed by atoms with Crippen molar-refractivity contribution in [2.24, 2.45) is 0 Å². The van der Waals surface area contributed by atoms with Gasteiger partial charge in [-0.15, -0.1) is 5.10 Å². The molecule has 37 heavy (non-hydrogen) atoms. The van der Waals surface area contributed by atoms with Crippen molar-refractivity contribution in [3.63, 3.8) is 0 Å². The number of alkyl halides is 5. The van der Waals surface area contributed by atoms with Crippen molar-refractivity contribution in [3.05, 3.63) is 30.7 Å². The van der Waals surface area contributed by atoms with Crippen LogP contribution in [0.2, 0.25) is 0 Å². The zero-order valence-electron chi connectivity index (χ0n) is 19.7. The Labute approximate surface area is 206 Å². The average molecular weight is 523 g/mol. The maximum atomic E-state index is 14.7. The first-order valence-corrected chi connectivity index (χ1v) is 11.3. The van der Waals surface area contributed by atoms with Crippen molar-refractivity contribution >= 4 is 34.4 Å². The third-order valence-corrected chi connectivity index (χ3v) is 6.18. The van der Waals surface area contributed by atoms with Gasteiger partial charge in [-0.3, -0.25) is 4.79 Å². The fourth-order valence-corrected chi connectivity index (χ4v) is 4.41. The molecular formula is C22H22F5N9O. The van der Waals surface area contributed by atoms with E-state index in [-0.39, 0.29) is 24.6 Å². The van der Waals surface area contributed by atoms with Gasteiger partial charge in [0.15, 0.2) is 11.5 Å². The Bertz CT molecular complexity index is 1480. The van der Waals surface area contributed by atoms with Gasteiger partial charge in [-0.1, -0.05) is 0 Å². The molecule has 5 heterocycles. The Hall–Kier alpha value is -4.04. The number of aromatic nitrogens is 6. The molecule has 1 aliphatic heterocycles. The third-order valence-electron chi connectivity index (χ3n) is 6.18. The average Bonchev–Trinajstić information content (AvgIpc) is 3.42. The predicted octanol–water partition coefficient (Wildman–Crippen LogP) is 3.41. The number of imidazole rings is 1. The van der Waals surface area contributed by atoms with E-state index in [1.54, 1.807) is 31.4 Å². The summed E-state index contributed by atoms with van der Waals surface area (Å²) in [4.78, 5) is 25.3. The number of pyridine rings is 1. The van der Waals surface area contributed by atoms with Gasteiger partial charge in [0.1, 0.15) is 17.6 Å². The largest absolute Gasteiger partial charge is 0.406 e. The van der Waals surface area contributed by atoms with Crippen molar-refractivity contribution in [1.29, 1.82) is 0 Å². The van der Waals surface area contributed by atoms with Gasteiger partial charge >= 0.3 is 6.18 Å². The molecule has 0 radical (unpaired) electrons. The molecule has 5 rings (SSSR count). The molecule has 1 amide bonds. The first-order valence-electron chi connectivity index (χ1n) is 11.3. The molecule has 15 heteroatoms. The van der Waals surface area contributed by atoms with Crippen LogP contribution in [-0.4, -0.2) is 78.2 Å². The molecule has 0 saturated carbocycles. The highest BCUT2D eigenvalue weighted by Crippen LogP contribution is 2.33. The van der Waals surface area contributed by atoms with Gasteiger partial charge in [0.05, 0.1) is 24.6 Å². The van der Waals surface area contributed by atoms with Crippen LogP contribution in [0.1, 0.15) is 13.3 Å². The van der Waals surface area contributed by atoms with E-state index in [0.29, 0.717) is 28.1 Å². The zero-order chi connectivity index (χ0) is 26.5. The Kier molecular flexibility index (Phi) is 5.87. The van der Waals surface area contributed by atoms with Crippen LogP contribution in [0, 0.1) is 0 Å². The fourth-order valence-electron chi connectivity index (χ4n) is 4.41. The molecule has 1 fully saturated rings. The molecule has 10 nitrogen and oxygen atoms in total. The number of piperidine rings is 1. The van der Waals surface area contributed by atoms with E-state index in [1.807, 2.05) is 0 Å². The maximum Gasteiger partial charge on any atom is 0.406 e. The minimum atomic E-state index is -4.44. The van der Waals surface area contributed by atoms with Crippen molar-refractivity contribution < 1.29 is 26.7 Å². The molecule has 196 valence electrons. The van der Waals surface area contributed by atoms with Gasteiger partial charge in [-0.2, -0.15) is 18.2 Å². The fraction of sp³-hybridized carbons (Fsp3) is 0.409. The lowest BCUT2D eigenvalue weighted by molar-refractivity contribution is -0.140. The lowest BCUT2D eigenvalue weighted by Crippen LogP contribution is -2.55. The summed E-state index contributed by atoms with van der Waals surface area (Å²) in [5, 5.41) is 9.92.